The van der Waals surface area contributed by atoms with Gasteiger partial charge in [-0.15, -0.1) is 0 Å². The Hall–Kier alpha value is -1.73. The van der Waals surface area contributed by atoms with Crippen LogP contribution in [0.3, 0.4) is 0 Å². The maximum atomic E-state index is 13.7. The van der Waals surface area contributed by atoms with E-state index in [1.54, 1.807) is 0 Å². The first-order valence-corrected chi connectivity index (χ1v) is 6.23. The van der Waals surface area contributed by atoms with Gasteiger partial charge in [0, 0.05) is 25.6 Å². The summed E-state index contributed by atoms with van der Waals surface area (Å²) in [6.45, 7) is 1.19. The molecular formula is C13H16F2N2O3. The molecule has 1 fully saturated rings. The van der Waals surface area contributed by atoms with Crippen LogP contribution in [0.15, 0.2) is 12.1 Å². The lowest BCUT2D eigenvalue weighted by Crippen LogP contribution is -2.35. The standard InChI is InChI=1S/C13H16F2N2O3/c1-20-12-9(15)3-2-8(14)11(12)13(19)17-5-7-4-16-6-10(7)18/h2-3,7,10,16,18H,4-6H2,1H3,(H,17,19). The van der Waals surface area contributed by atoms with E-state index >= 15 is 0 Å². The number of amides is 1. The van der Waals surface area contributed by atoms with E-state index in [4.69, 9.17) is 4.74 Å². The Bertz CT molecular complexity index is 511. The van der Waals surface area contributed by atoms with Gasteiger partial charge in [0.05, 0.1) is 13.2 Å². The summed E-state index contributed by atoms with van der Waals surface area (Å²) < 4.78 is 31.9. The highest BCUT2D eigenvalue weighted by molar-refractivity contribution is 5.97. The van der Waals surface area contributed by atoms with E-state index < -0.39 is 35.0 Å². The summed E-state index contributed by atoms with van der Waals surface area (Å²) in [4.78, 5) is 12.0. The molecule has 0 bridgehead atoms. The maximum Gasteiger partial charge on any atom is 0.258 e. The highest BCUT2D eigenvalue weighted by Gasteiger charge is 2.27. The number of carbonyl (C=O) groups excluding carboxylic acids is 1. The fourth-order valence-corrected chi connectivity index (χ4v) is 2.18. The molecule has 1 aliphatic rings. The van der Waals surface area contributed by atoms with Crippen molar-refractivity contribution in [2.75, 3.05) is 26.7 Å². The van der Waals surface area contributed by atoms with Crippen molar-refractivity contribution in [1.82, 2.24) is 10.6 Å². The lowest BCUT2D eigenvalue weighted by molar-refractivity contribution is 0.0919. The van der Waals surface area contributed by atoms with Crippen LogP contribution in [-0.4, -0.2) is 43.9 Å². The highest BCUT2D eigenvalue weighted by atomic mass is 19.1. The molecule has 110 valence electrons. The summed E-state index contributed by atoms with van der Waals surface area (Å²) in [5, 5.41) is 15.1. The molecule has 1 heterocycles. The molecule has 0 spiro atoms. The third-order valence-electron chi connectivity index (χ3n) is 3.32. The van der Waals surface area contributed by atoms with Gasteiger partial charge < -0.3 is 20.5 Å². The van der Waals surface area contributed by atoms with Crippen LogP contribution in [0.25, 0.3) is 0 Å². The zero-order valence-corrected chi connectivity index (χ0v) is 11.0. The quantitative estimate of drug-likeness (QED) is 0.744. The number of nitrogens with one attached hydrogen (secondary N) is 2. The fourth-order valence-electron chi connectivity index (χ4n) is 2.18. The Labute approximate surface area is 114 Å². The third-order valence-corrected chi connectivity index (χ3v) is 3.32. The van der Waals surface area contributed by atoms with Crippen LogP contribution in [0, 0.1) is 17.6 Å². The molecule has 0 aromatic heterocycles. The summed E-state index contributed by atoms with van der Waals surface area (Å²) in [5.74, 6) is -3.00. The Balaban J connectivity index is 2.11. The second-order valence-corrected chi connectivity index (χ2v) is 4.63. The summed E-state index contributed by atoms with van der Waals surface area (Å²) >= 11 is 0. The third kappa shape index (κ3) is 2.88. The minimum atomic E-state index is -0.856. The van der Waals surface area contributed by atoms with E-state index in [1.807, 2.05) is 0 Å². The van der Waals surface area contributed by atoms with Crippen LogP contribution in [0.5, 0.6) is 5.75 Å². The minimum Gasteiger partial charge on any atom is -0.493 e. The molecule has 1 amide bonds. The topological polar surface area (TPSA) is 70.6 Å². The number of rotatable bonds is 4. The fraction of sp³-hybridized carbons (Fsp3) is 0.462. The first-order chi connectivity index (χ1) is 9.54. The Morgan fingerprint density at radius 3 is 2.75 bits per heavy atom. The van der Waals surface area contributed by atoms with Gasteiger partial charge in [-0.2, -0.15) is 0 Å². The van der Waals surface area contributed by atoms with Crippen molar-refractivity contribution < 1.29 is 23.4 Å². The summed E-state index contributed by atoms with van der Waals surface area (Å²) in [6.07, 6.45) is -0.561. The number of hydrogen-bond acceptors (Lipinski definition) is 4. The van der Waals surface area contributed by atoms with Crippen LogP contribution in [0.1, 0.15) is 10.4 Å². The molecule has 7 heteroatoms. The van der Waals surface area contributed by atoms with Crippen molar-refractivity contribution in [3.8, 4) is 5.75 Å². The van der Waals surface area contributed by atoms with E-state index in [2.05, 4.69) is 10.6 Å². The molecule has 3 N–H and O–H groups in total. The molecule has 0 saturated carbocycles. The molecule has 1 aliphatic heterocycles. The van der Waals surface area contributed by atoms with Gasteiger partial charge in [0.1, 0.15) is 11.4 Å². The Kier molecular flexibility index (Phi) is 4.51. The molecule has 1 aromatic carbocycles. The number of β-amino-alcohol motifs (C(OH)–C–C–N with tert-alkyl or cyclic N) is 1. The van der Waals surface area contributed by atoms with Gasteiger partial charge in [-0.05, 0) is 12.1 Å². The van der Waals surface area contributed by atoms with Crippen LogP contribution in [-0.2, 0) is 0 Å². The van der Waals surface area contributed by atoms with E-state index in [9.17, 15) is 18.7 Å². The number of halogens is 2. The van der Waals surface area contributed by atoms with E-state index in [-0.39, 0.29) is 12.5 Å². The SMILES string of the molecule is COc1c(F)ccc(F)c1C(=O)NCC1CNCC1O. The summed E-state index contributed by atoms with van der Waals surface area (Å²) in [7, 11) is 1.17. The van der Waals surface area contributed by atoms with Gasteiger partial charge in [-0.1, -0.05) is 0 Å². The van der Waals surface area contributed by atoms with Gasteiger partial charge in [0.15, 0.2) is 11.6 Å². The second kappa shape index (κ2) is 6.15. The first-order valence-electron chi connectivity index (χ1n) is 6.23. The smallest absolute Gasteiger partial charge is 0.258 e. The molecule has 0 aliphatic carbocycles. The zero-order valence-electron chi connectivity index (χ0n) is 11.0. The molecule has 1 aromatic rings. The van der Waals surface area contributed by atoms with Gasteiger partial charge in [0.2, 0.25) is 0 Å². The molecule has 0 radical (unpaired) electrons. The van der Waals surface area contributed by atoms with Gasteiger partial charge in [-0.3, -0.25) is 4.79 Å². The lowest BCUT2D eigenvalue weighted by atomic mass is 10.1. The zero-order chi connectivity index (χ0) is 14.7. The Morgan fingerprint density at radius 2 is 2.15 bits per heavy atom. The van der Waals surface area contributed by atoms with Crippen molar-refractivity contribution >= 4 is 5.91 Å². The lowest BCUT2D eigenvalue weighted by Gasteiger charge is -2.15. The predicted molar refractivity (Wildman–Crippen MR) is 67.6 cm³/mol. The second-order valence-electron chi connectivity index (χ2n) is 4.63. The highest BCUT2D eigenvalue weighted by Crippen LogP contribution is 2.25. The number of benzene rings is 1. The van der Waals surface area contributed by atoms with Gasteiger partial charge in [-0.25, -0.2) is 8.78 Å². The average molecular weight is 286 g/mol. The average Bonchev–Trinajstić information content (AvgIpc) is 2.83. The van der Waals surface area contributed by atoms with Crippen LogP contribution < -0.4 is 15.4 Å². The molecular weight excluding hydrogens is 270 g/mol. The van der Waals surface area contributed by atoms with Crippen molar-refractivity contribution in [2.45, 2.75) is 6.10 Å². The number of aliphatic hydroxyl groups is 1. The summed E-state index contributed by atoms with van der Waals surface area (Å²) in [5.41, 5.74) is -0.465. The van der Waals surface area contributed by atoms with Crippen LogP contribution >= 0.6 is 0 Å². The normalized spacial score (nSPS) is 21.8. The van der Waals surface area contributed by atoms with Crippen molar-refractivity contribution in [2.24, 2.45) is 5.92 Å². The number of ether oxygens (including phenoxy) is 1. The van der Waals surface area contributed by atoms with Gasteiger partial charge in [0.25, 0.3) is 5.91 Å². The molecule has 1 saturated heterocycles. The van der Waals surface area contributed by atoms with Crippen molar-refractivity contribution in [3.63, 3.8) is 0 Å². The molecule has 2 unspecified atom stereocenters. The number of methoxy groups -OCH3 is 1. The maximum absolute atomic E-state index is 13.7. The minimum absolute atomic E-state index is 0.151. The van der Waals surface area contributed by atoms with Crippen molar-refractivity contribution in [3.05, 3.63) is 29.3 Å². The largest absolute Gasteiger partial charge is 0.493 e. The molecule has 5 nitrogen and oxygen atoms in total. The number of carbonyl (C=O) groups is 1. The predicted octanol–water partition coefficient (Wildman–Crippen LogP) is 0.283. The molecule has 2 atom stereocenters. The van der Waals surface area contributed by atoms with Gasteiger partial charge >= 0.3 is 0 Å². The number of aliphatic hydroxyl groups excluding tert-OH is 1. The molecule has 2 rings (SSSR count). The van der Waals surface area contributed by atoms with Crippen LogP contribution in [0.4, 0.5) is 8.78 Å². The van der Waals surface area contributed by atoms with E-state index in [0.717, 1.165) is 12.1 Å². The summed E-state index contributed by atoms with van der Waals surface area (Å²) in [6, 6.07) is 1.77. The first kappa shape index (κ1) is 14.7. The van der Waals surface area contributed by atoms with E-state index in [0.29, 0.717) is 13.1 Å². The Morgan fingerprint density at radius 1 is 1.45 bits per heavy atom. The molecule has 20 heavy (non-hydrogen) atoms. The monoisotopic (exact) mass is 286 g/mol. The number of hydrogen-bond donors (Lipinski definition) is 3. The van der Waals surface area contributed by atoms with E-state index in [1.165, 1.54) is 7.11 Å². The van der Waals surface area contributed by atoms with Crippen LogP contribution in [0.2, 0.25) is 0 Å². The van der Waals surface area contributed by atoms with Crippen molar-refractivity contribution in [1.29, 1.82) is 0 Å².